The number of hydrogen-bond donors (Lipinski definition) is 3. The second kappa shape index (κ2) is 6.16. The zero-order valence-corrected chi connectivity index (χ0v) is 9.47. The summed E-state index contributed by atoms with van der Waals surface area (Å²) in [5.41, 5.74) is -1.61. The van der Waals surface area contributed by atoms with Crippen molar-refractivity contribution in [1.29, 1.82) is 0 Å². The van der Waals surface area contributed by atoms with Gasteiger partial charge in [0.1, 0.15) is 5.56 Å². The monoisotopic (exact) mass is 276 g/mol. The van der Waals surface area contributed by atoms with Crippen LogP contribution in [0, 0.1) is 21.7 Å². The topological polar surface area (TPSA) is 113 Å². The quantitative estimate of drug-likeness (QED) is 0.515. The van der Waals surface area contributed by atoms with Gasteiger partial charge in [-0.25, -0.2) is 8.78 Å². The number of amides is 1. The van der Waals surface area contributed by atoms with Crippen molar-refractivity contribution >= 4 is 11.6 Å². The van der Waals surface area contributed by atoms with Gasteiger partial charge in [0.25, 0.3) is 11.6 Å². The second-order valence-electron chi connectivity index (χ2n) is 3.58. The number of benzene rings is 1. The number of nitro benzene ring substituents is 1. The van der Waals surface area contributed by atoms with Crippen LogP contribution in [0.15, 0.2) is 12.1 Å². The molecule has 0 bridgehead atoms. The zero-order valence-electron chi connectivity index (χ0n) is 9.47. The molecular formula is C10H10F2N2O5. The van der Waals surface area contributed by atoms with Gasteiger partial charge in [-0.3, -0.25) is 14.9 Å². The third-order valence-corrected chi connectivity index (χ3v) is 2.26. The Morgan fingerprint density at radius 2 is 1.84 bits per heavy atom. The van der Waals surface area contributed by atoms with Gasteiger partial charge in [-0.15, -0.1) is 0 Å². The first-order valence-electron chi connectivity index (χ1n) is 5.06. The predicted octanol–water partition coefficient (Wildman–Crippen LogP) is -0.0440. The van der Waals surface area contributed by atoms with Gasteiger partial charge in [0.2, 0.25) is 0 Å². The summed E-state index contributed by atoms with van der Waals surface area (Å²) in [4.78, 5) is 21.2. The van der Waals surface area contributed by atoms with Crippen LogP contribution in [0.5, 0.6) is 0 Å². The van der Waals surface area contributed by atoms with Gasteiger partial charge in [0.15, 0.2) is 11.6 Å². The molecule has 0 aliphatic carbocycles. The molecule has 0 radical (unpaired) electrons. The maximum absolute atomic E-state index is 13.0. The van der Waals surface area contributed by atoms with Gasteiger partial charge in [-0.2, -0.15) is 0 Å². The van der Waals surface area contributed by atoms with E-state index in [1.807, 2.05) is 5.32 Å². The van der Waals surface area contributed by atoms with Crippen molar-refractivity contribution in [2.45, 2.75) is 6.04 Å². The number of nitrogens with one attached hydrogen (secondary N) is 1. The SMILES string of the molecule is O=C(NC(CO)CO)c1cc(F)c(F)cc1[N+](=O)[O-]. The summed E-state index contributed by atoms with van der Waals surface area (Å²) in [6, 6.07) is -0.383. The molecule has 0 saturated heterocycles. The summed E-state index contributed by atoms with van der Waals surface area (Å²) in [5.74, 6) is -3.97. The van der Waals surface area contributed by atoms with Crippen molar-refractivity contribution in [1.82, 2.24) is 5.32 Å². The van der Waals surface area contributed by atoms with Crippen molar-refractivity contribution < 1.29 is 28.7 Å². The van der Waals surface area contributed by atoms with Crippen molar-refractivity contribution in [3.8, 4) is 0 Å². The molecule has 1 aromatic rings. The normalized spacial score (nSPS) is 10.6. The van der Waals surface area contributed by atoms with Gasteiger partial charge in [-0.1, -0.05) is 0 Å². The van der Waals surface area contributed by atoms with Gasteiger partial charge in [0, 0.05) is 0 Å². The van der Waals surface area contributed by atoms with Crippen molar-refractivity contribution in [3.05, 3.63) is 39.4 Å². The summed E-state index contributed by atoms with van der Waals surface area (Å²) in [5, 5.41) is 30.2. The third-order valence-electron chi connectivity index (χ3n) is 2.26. The maximum Gasteiger partial charge on any atom is 0.285 e. The Labute approximate surface area is 105 Å². The van der Waals surface area contributed by atoms with Crippen molar-refractivity contribution in [3.63, 3.8) is 0 Å². The van der Waals surface area contributed by atoms with E-state index in [-0.39, 0.29) is 6.07 Å². The Balaban J connectivity index is 3.14. The van der Waals surface area contributed by atoms with E-state index in [0.29, 0.717) is 6.07 Å². The number of carbonyl (C=O) groups is 1. The highest BCUT2D eigenvalue weighted by Crippen LogP contribution is 2.22. The summed E-state index contributed by atoms with van der Waals surface area (Å²) in [7, 11) is 0. The number of aliphatic hydroxyl groups excluding tert-OH is 2. The molecule has 0 aromatic heterocycles. The Bertz CT molecular complexity index is 505. The molecule has 9 heteroatoms. The molecule has 0 aliphatic heterocycles. The minimum atomic E-state index is -1.45. The molecule has 0 saturated carbocycles. The zero-order chi connectivity index (χ0) is 14.6. The van der Waals surface area contributed by atoms with Crippen LogP contribution in [0.3, 0.4) is 0 Å². The molecule has 1 aromatic carbocycles. The Morgan fingerprint density at radius 1 is 1.32 bits per heavy atom. The van der Waals surface area contributed by atoms with E-state index in [9.17, 15) is 23.7 Å². The largest absolute Gasteiger partial charge is 0.394 e. The molecule has 0 spiro atoms. The smallest absolute Gasteiger partial charge is 0.285 e. The highest BCUT2D eigenvalue weighted by molar-refractivity contribution is 5.98. The van der Waals surface area contributed by atoms with Crippen LogP contribution in [-0.4, -0.2) is 40.3 Å². The standard InChI is InChI=1S/C10H10F2N2O5/c11-7-1-6(9(14(18)19)2-8(7)12)10(17)13-5(3-15)4-16/h1-2,5,15-16H,3-4H2,(H,13,17). The van der Waals surface area contributed by atoms with E-state index in [4.69, 9.17) is 10.2 Å². The summed E-state index contributed by atoms with van der Waals surface area (Å²) >= 11 is 0. The summed E-state index contributed by atoms with van der Waals surface area (Å²) in [6.45, 7) is -1.22. The first kappa shape index (κ1) is 14.9. The molecule has 3 N–H and O–H groups in total. The van der Waals surface area contributed by atoms with Crippen molar-refractivity contribution in [2.75, 3.05) is 13.2 Å². The van der Waals surface area contributed by atoms with Crippen LogP contribution >= 0.6 is 0 Å². The predicted molar refractivity (Wildman–Crippen MR) is 58.4 cm³/mol. The Hall–Kier alpha value is -2.13. The highest BCUT2D eigenvalue weighted by Gasteiger charge is 2.25. The fraction of sp³-hybridized carbons (Fsp3) is 0.300. The lowest BCUT2D eigenvalue weighted by atomic mass is 10.1. The molecule has 1 amide bonds. The average molecular weight is 276 g/mol. The molecule has 104 valence electrons. The Kier molecular flexibility index (Phi) is 4.84. The first-order valence-corrected chi connectivity index (χ1v) is 5.06. The van der Waals surface area contributed by atoms with E-state index in [1.54, 1.807) is 0 Å². The first-order chi connectivity index (χ1) is 8.90. The number of nitro groups is 1. The number of aliphatic hydroxyl groups is 2. The molecular weight excluding hydrogens is 266 g/mol. The number of hydrogen-bond acceptors (Lipinski definition) is 5. The minimum absolute atomic E-state index is 0.289. The summed E-state index contributed by atoms with van der Waals surface area (Å²) in [6.07, 6.45) is 0. The fourth-order valence-electron chi connectivity index (χ4n) is 1.28. The average Bonchev–Trinajstić information content (AvgIpc) is 2.37. The van der Waals surface area contributed by atoms with E-state index in [2.05, 4.69) is 0 Å². The number of nitrogens with zero attached hydrogens (tertiary/aromatic N) is 1. The lowest BCUT2D eigenvalue weighted by Crippen LogP contribution is -2.40. The third kappa shape index (κ3) is 3.42. The molecule has 19 heavy (non-hydrogen) atoms. The van der Waals surface area contributed by atoms with Crippen LogP contribution in [0.1, 0.15) is 10.4 Å². The number of rotatable bonds is 5. The minimum Gasteiger partial charge on any atom is -0.394 e. The molecule has 0 atom stereocenters. The van der Waals surface area contributed by atoms with Gasteiger partial charge in [0.05, 0.1) is 30.2 Å². The van der Waals surface area contributed by atoms with Crippen LogP contribution < -0.4 is 5.32 Å². The van der Waals surface area contributed by atoms with Crippen LogP contribution in [-0.2, 0) is 0 Å². The van der Waals surface area contributed by atoms with E-state index in [0.717, 1.165) is 0 Å². The van der Waals surface area contributed by atoms with Crippen LogP contribution in [0.2, 0.25) is 0 Å². The summed E-state index contributed by atoms with van der Waals surface area (Å²) < 4.78 is 25.9. The molecule has 0 unspecified atom stereocenters. The molecule has 0 aliphatic rings. The Morgan fingerprint density at radius 3 is 2.32 bits per heavy atom. The van der Waals surface area contributed by atoms with E-state index in [1.165, 1.54) is 0 Å². The van der Waals surface area contributed by atoms with E-state index >= 15 is 0 Å². The second-order valence-corrected chi connectivity index (χ2v) is 3.58. The highest BCUT2D eigenvalue weighted by atomic mass is 19.2. The molecule has 7 nitrogen and oxygen atoms in total. The number of halogens is 2. The van der Waals surface area contributed by atoms with Gasteiger partial charge < -0.3 is 15.5 Å². The van der Waals surface area contributed by atoms with Crippen molar-refractivity contribution in [2.24, 2.45) is 0 Å². The lowest BCUT2D eigenvalue weighted by Gasteiger charge is -2.13. The lowest BCUT2D eigenvalue weighted by molar-refractivity contribution is -0.385. The molecule has 1 rings (SSSR count). The molecule has 0 heterocycles. The van der Waals surface area contributed by atoms with Gasteiger partial charge >= 0.3 is 0 Å². The molecule has 0 fully saturated rings. The van der Waals surface area contributed by atoms with E-state index < -0.39 is 53.0 Å². The maximum atomic E-state index is 13.0. The van der Waals surface area contributed by atoms with Crippen LogP contribution in [0.25, 0.3) is 0 Å². The van der Waals surface area contributed by atoms with Crippen LogP contribution in [0.4, 0.5) is 14.5 Å². The van der Waals surface area contributed by atoms with Gasteiger partial charge in [-0.05, 0) is 6.07 Å². The fourth-order valence-corrected chi connectivity index (χ4v) is 1.28. The number of carbonyl (C=O) groups excluding carboxylic acids is 1.